The van der Waals surface area contributed by atoms with Gasteiger partial charge in [0.25, 0.3) is 5.91 Å². The molecule has 1 amide bonds. The number of piperidine rings is 1. The van der Waals surface area contributed by atoms with E-state index in [1.165, 1.54) is 6.42 Å². The Morgan fingerprint density at radius 1 is 1.15 bits per heavy atom. The number of benzene rings is 1. The van der Waals surface area contributed by atoms with E-state index in [1.807, 2.05) is 36.5 Å². The van der Waals surface area contributed by atoms with E-state index in [2.05, 4.69) is 14.9 Å². The van der Waals surface area contributed by atoms with Gasteiger partial charge in [0, 0.05) is 50.2 Å². The summed E-state index contributed by atoms with van der Waals surface area (Å²) in [5.74, 6) is 0.149. The lowest BCUT2D eigenvalue weighted by atomic mass is 9.97. The minimum Gasteiger partial charge on any atom is -0.379 e. The number of carbonyl (C=O) groups excluding carboxylic acids is 1. The van der Waals surface area contributed by atoms with Crippen molar-refractivity contribution in [2.45, 2.75) is 31.7 Å². The van der Waals surface area contributed by atoms with E-state index in [9.17, 15) is 4.79 Å². The summed E-state index contributed by atoms with van der Waals surface area (Å²) in [7, 11) is 0. The zero-order valence-corrected chi connectivity index (χ0v) is 15.8. The molecule has 1 atom stereocenters. The first-order valence-corrected chi connectivity index (χ1v) is 10.0. The maximum atomic E-state index is 13.2. The number of rotatable bonds is 5. The van der Waals surface area contributed by atoms with Crippen molar-refractivity contribution in [3.05, 3.63) is 48.3 Å². The van der Waals surface area contributed by atoms with Crippen LogP contribution in [-0.4, -0.2) is 70.9 Å². The summed E-state index contributed by atoms with van der Waals surface area (Å²) in [6, 6.07) is 10.0. The van der Waals surface area contributed by atoms with Gasteiger partial charge in [0.05, 0.1) is 18.9 Å². The van der Waals surface area contributed by atoms with Gasteiger partial charge in [0.15, 0.2) is 0 Å². The molecule has 0 aliphatic carbocycles. The van der Waals surface area contributed by atoms with Gasteiger partial charge in [-0.05, 0) is 49.9 Å². The number of amides is 1. The molecule has 2 aliphatic rings. The highest BCUT2D eigenvalue weighted by molar-refractivity contribution is 5.95. The van der Waals surface area contributed by atoms with Crippen LogP contribution in [0.2, 0.25) is 0 Å². The van der Waals surface area contributed by atoms with Crippen molar-refractivity contribution in [2.24, 2.45) is 0 Å². The maximum absolute atomic E-state index is 13.2. The molecule has 27 heavy (non-hydrogen) atoms. The molecule has 0 bridgehead atoms. The summed E-state index contributed by atoms with van der Waals surface area (Å²) < 4.78 is 7.23. The first kappa shape index (κ1) is 18.2. The van der Waals surface area contributed by atoms with Gasteiger partial charge in [-0.2, -0.15) is 5.10 Å². The summed E-state index contributed by atoms with van der Waals surface area (Å²) in [6.07, 6.45) is 8.11. The molecule has 2 aromatic rings. The second kappa shape index (κ2) is 8.67. The molecule has 4 rings (SSSR count). The van der Waals surface area contributed by atoms with Crippen LogP contribution < -0.4 is 0 Å². The van der Waals surface area contributed by atoms with Crippen molar-refractivity contribution in [3.63, 3.8) is 0 Å². The van der Waals surface area contributed by atoms with Crippen LogP contribution in [0.5, 0.6) is 0 Å². The molecular weight excluding hydrogens is 340 g/mol. The van der Waals surface area contributed by atoms with E-state index in [0.717, 1.165) is 69.9 Å². The quantitative estimate of drug-likeness (QED) is 0.814. The van der Waals surface area contributed by atoms with Gasteiger partial charge < -0.3 is 9.64 Å². The Balaban J connectivity index is 1.44. The number of hydrogen-bond acceptors (Lipinski definition) is 4. The van der Waals surface area contributed by atoms with Crippen LogP contribution in [0.4, 0.5) is 0 Å². The molecule has 0 saturated carbocycles. The second-order valence-electron chi connectivity index (χ2n) is 7.39. The topological polar surface area (TPSA) is 50.6 Å². The number of aromatic nitrogens is 2. The van der Waals surface area contributed by atoms with E-state index in [0.29, 0.717) is 6.04 Å². The molecule has 2 aliphatic heterocycles. The normalized spacial score (nSPS) is 21.3. The third kappa shape index (κ3) is 4.39. The molecular formula is C21H28N4O2. The zero-order valence-electron chi connectivity index (χ0n) is 15.8. The van der Waals surface area contributed by atoms with Crippen molar-refractivity contribution < 1.29 is 9.53 Å². The lowest BCUT2D eigenvalue weighted by Crippen LogP contribution is -2.46. The molecule has 144 valence electrons. The predicted octanol–water partition coefficient (Wildman–Crippen LogP) is 2.59. The van der Waals surface area contributed by atoms with Crippen LogP contribution in [0.1, 0.15) is 36.0 Å². The van der Waals surface area contributed by atoms with Crippen molar-refractivity contribution in [1.29, 1.82) is 0 Å². The highest BCUT2D eigenvalue weighted by Crippen LogP contribution is 2.23. The van der Waals surface area contributed by atoms with Gasteiger partial charge in [-0.3, -0.25) is 9.69 Å². The smallest absolute Gasteiger partial charge is 0.254 e. The summed E-state index contributed by atoms with van der Waals surface area (Å²) in [5, 5.41) is 4.27. The Bertz CT molecular complexity index is 740. The van der Waals surface area contributed by atoms with Crippen molar-refractivity contribution in [1.82, 2.24) is 19.6 Å². The Kier molecular flexibility index (Phi) is 5.84. The summed E-state index contributed by atoms with van der Waals surface area (Å²) in [4.78, 5) is 17.8. The molecule has 0 N–H and O–H groups in total. The Hall–Kier alpha value is -2.18. The van der Waals surface area contributed by atoms with Crippen LogP contribution >= 0.6 is 0 Å². The van der Waals surface area contributed by atoms with Crippen molar-refractivity contribution >= 4 is 5.91 Å². The fourth-order valence-corrected chi connectivity index (χ4v) is 4.09. The van der Waals surface area contributed by atoms with E-state index in [-0.39, 0.29) is 5.91 Å². The van der Waals surface area contributed by atoms with Crippen LogP contribution in [0.3, 0.4) is 0 Å². The number of ether oxygens (including phenoxy) is 1. The Labute approximate surface area is 160 Å². The maximum Gasteiger partial charge on any atom is 0.254 e. The van der Waals surface area contributed by atoms with E-state index in [4.69, 9.17) is 4.74 Å². The standard InChI is InChI=1S/C21H28N4O2/c26-21(18-5-3-7-20(17-18)25-11-4-9-22-25)24-10-2-1-6-19(24)8-12-23-13-15-27-16-14-23/h3-5,7,9,11,17,19H,1-2,6,8,10,12-16H2/t19-/m0/s1. The van der Waals surface area contributed by atoms with Crippen LogP contribution in [0, 0.1) is 0 Å². The number of hydrogen-bond donors (Lipinski definition) is 0. The van der Waals surface area contributed by atoms with E-state index in [1.54, 1.807) is 10.9 Å². The van der Waals surface area contributed by atoms with Crippen LogP contribution in [-0.2, 0) is 4.74 Å². The molecule has 6 heteroatoms. The molecule has 1 aromatic heterocycles. The molecule has 6 nitrogen and oxygen atoms in total. The zero-order chi connectivity index (χ0) is 18.5. The third-order valence-electron chi connectivity index (χ3n) is 5.63. The predicted molar refractivity (Wildman–Crippen MR) is 104 cm³/mol. The minimum absolute atomic E-state index is 0.149. The minimum atomic E-state index is 0.149. The fourth-order valence-electron chi connectivity index (χ4n) is 4.09. The van der Waals surface area contributed by atoms with Crippen LogP contribution in [0.15, 0.2) is 42.7 Å². The number of nitrogens with zero attached hydrogens (tertiary/aromatic N) is 4. The molecule has 0 spiro atoms. The lowest BCUT2D eigenvalue weighted by molar-refractivity contribution is 0.0295. The first-order valence-electron chi connectivity index (χ1n) is 10.0. The lowest BCUT2D eigenvalue weighted by Gasteiger charge is -2.37. The average Bonchev–Trinajstić information content (AvgIpc) is 3.28. The van der Waals surface area contributed by atoms with Gasteiger partial charge in [-0.1, -0.05) is 6.07 Å². The van der Waals surface area contributed by atoms with Gasteiger partial charge in [-0.25, -0.2) is 4.68 Å². The monoisotopic (exact) mass is 368 g/mol. The van der Waals surface area contributed by atoms with Gasteiger partial charge in [0.2, 0.25) is 0 Å². The van der Waals surface area contributed by atoms with Gasteiger partial charge in [-0.15, -0.1) is 0 Å². The number of carbonyl (C=O) groups is 1. The molecule has 2 fully saturated rings. The van der Waals surface area contributed by atoms with Gasteiger partial charge >= 0.3 is 0 Å². The Morgan fingerprint density at radius 3 is 2.85 bits per heavy atom. The number of likely N-dealkylation sites (tertiary alicyclic amines) is 1. The second-order valence-corrected chi connectivity index (χ2v) is 7.39. The van der Waals surface area contributed by atoms with Gasteiger partial charge in [0.1, 0.15) is 0 Å². The molecule has 1 aromatic carbocycles. The third-order valence-corrected chi connectivity index (χ3v) is 5.63. The highest BCUT2D eigenvalue weighted by Gasteiger charge is 2.28. The van der Waals surface area contributed by atoms with Crippen LogP contribution in [0.25, 0.3) is 5.69 Å². The number of morpholine rings is 1. The van der Waals surface area contributed by atoms with Crippen molar-refractivity contribution in [3.8, 4) is 5.69 Å². The summed E-state index contributed by atoms with van der Waals surface area (Å²) >= 11 is 0. The van der Waals surface area contributed by atoms with E-state index < -0.39 is 0 Å². The SMILES string of the molecule is O=C(c1cccc(-n2cccn2)c1)N1CCCC[C@H]1CCN1CCOCC1. The van der Waals surface area contributed by atoms with E-state index >= 15 is 0 Å². The molecule has 2 saturated heterocycles. The largest absolute Gasteiger partial charge is 0.379 e. The average molecular weight is 368 g/mol. The first-order chi connectivity index (χ1) is 13.3. The van der Waals surface area contributed by atoms with Crippen molar-refractivity contribution in [2.75, 3.05) is 39.4 Å². The molecule has 0 radical (unpaired) electrons. The summed E-state index contributed by atoms with van der Waals surface area (Å²) in [6.45, 7) is 5.57. The fraction of sp³-hybridized carbons (Fsp3) is 0.524. The Morgan fingerprint density at radius 2 is 2.04 bits per heavy atom. The highest BCUT2D eigenvalue weighted by atomic mass is 16.5. The molecule has 3 heterocycles. The molecule has 0 unspecified atom stereocenters. The summed E-state index contributed by atoms with van der Waals surface area (Å²) in [5.41, 5.74) is 1.67.